The smallest absolute Gasteiger partial charge is 0.165 e. The first-order chi connectivity index (χ1) is 8.71. The summed E-state index contributed by atoms with van der Waals surface area (Å²) in [4.78, 5) is 4.34. The van der Waals surface area contributed by atoms with Crippen molar-refractivity contribution < 1.29 is 9.13 Å². The Balaban J connectivity index is 2.62. The number of ether oxygens (including phenoxy) is 1. The Morgan fingerprint density at radius 1 is 1.44 bits per heavy atom. The molecule has 0 bridgehead atoms. The van der Waals surface area contributed by atoms with Gasteiger partial charge in [0.25, 0.3) is 0 Å². The van der Waals surface area contributed by atoms with E-state index < -0.39 is 0 Å². The van der Waals surface area contributed by atoms with Gasteiger partial charge in [0, 0.05) is 18.8 Å². The maximum absolute atomic E-state index is 13.5. The molecule has 1 rings (SSSR count). The molecule has 0 heterocycles. The van der Waals surface area contributed by atoms with Gasteiger partial charge in [0.1, 0.15) is 0 Å². The third-order valence-electron chi connectivity index (χ3n) is 2.22. The van der Waals surface area contributed by atoms with Gasteiger partial charge in [-0.2, -0.15) is 0 Å². The highest BCUT2D eigenvalue weighted by molar-refractivity contribution is 8.13. The van der Waals surface area contributed by atoms with E-state index in [1.165, 1.54) is 13.2 Å². The molecule has 0 aromatic heterocycles. The monoisotopic (exact) mass is 270 g/mol. The lowest BCUT2D eigenvalue weighted by Crippen LogP contribution is -2.20. The molecule has 5 heteroatoms. The van der Waals surface area contributed by atoms with Crippen LogP contribution in [0.1, 0.15) is 19.4 Å². The van der Waals surface area contributed by atoms with Crippen molar-refractivity contribution in [2.24, 2.45) is 4.99 Å². The van der Waals surface area contributed by atoms with E-state index in [2.05, 4.69) is 10.3 Å². The van der Waals surface area contributed by atoms with Crippen molar-refractivity contribution in [3.05, 3.63) is 29.6 Å². The van der Waals surface area contributed by atoms with Gasteiger partial charge in [-0.15, -0.1) is 0 Å². The van der Waals surface area contributed by atoms with Crippen LogP contribution < -0.4 is 10.1 Å². The van der Waals surface area contributed by atoms with Crippen LogP contribution >= 0.6 is 11.8 Å². The van der Waals surface area contributed by atoms with E-state index in [-0.39, 0.29) is 11.6 Å². The predicted octanol–water partition coefficient (Wildman–Crippen LogP) is 3.05. The summed E-state index contributed by atoms with van der Waals surface area (Å²) in [5.41, 5.74) is 0.917. The summed E-state index contributed by atoms with van der Waals surface area (Å²) in [6.07, 6.45) is 0. The van der Waals surface area contributed by atoms with Gasteiger partial charge in [0.2, 0.25) is 0 Å². The molecule has 0 radical (unpaired) electrons. The second kappa shape index (κ2) is 7.97. The molecule has 0 unspecified atom stereocenters. The first-order valence-electron chi connectivity index (χ1n) is 5.94. The summed E-state index contributed by atoms with van der Waals surface area (Å²) in [5, 5.41) is 4.08. The van der Waals surface area contributed by atoms with Gasteiger partial charge in [0.05, 0.1) is 7.11 Å². The first-order valence-corrected chi connectivity index (χ1v) is 6.93. The summed E-state index contributed by atoms with van der Waals surface area (Å²) in [7, 11) is 1.46. The number of halogens is 1. The lowest BCUT2D eigenvalue weighted by atomic mass is 10.2. The Labute approximate surface area is 112 Å². The van der Waals surface area contributed by atoms with Crippen LogP contribution in [0.3, 0.4) is 0 Å². The lowest BCUT2D eigenvalue weighted by Gasteiger charge is -2.08. The van der Waals surface area contributed by atoms with Gasteiger partial charge >= 0.3 is 0 Å². The molecule has 0 atom stereocenters. The van der Waals surface area contributed by atoms with Crippen molar-refractivity contribution >= 4 is 16.9 Å². The van der Waals surface area contributed by atoms with Gasteiger partial charge in [-0.3, -0.25) is 4.99 Å². The second-order valence-corrected chi connectivity index (χ2v) is 4.53. The number of amidine groups is 1. The van der Waals surface area contributed by atoms with E-state index in [9.17, 15) is 4.39 Å². The number of rotatable bonds is 5. The molecule has 1 aromatic rings. The van der Waals surface area contributed by atoms with Crippen LogP contribution in [-0.2, 0) is 5.75 Å². The van der Waals surface area contributed by atoms with E-state index in [1.54, 1.807) is 17.8 Å². The lowest BCUT2D eigenvalue weighted by molar-refractivity contribution is 0.386. The van der Waals surface area contributed by atoms with Crippen LogP contribution in [-0.4, -0.2) is 25.4 Å². The molecule has 0 saturated carbocycles. The molecule has 3 nitrogen and oxygen atoms in total. The van der Waals surface area contributed by atoms with Crippen molar-refractivity contribution in [1.82, 2.24) is 5.32 Å². The normalized spacial score (nSPS) is 11.4. The van der Waals surface area contributed by atoms with Gasteiger partial charge in [-0.25, -0.2) is 4.39 Å². The number of hydrogen-bond acceptors (Lipinski definition) is 3. The molecule has 0 aliphatic rings. The molecular formula is C13H19FN2OS. The highest BCUT2D eigenvalue weighted by atomic mass is 32.2. The average Bonchev–Trinajstić information content (AvgIpc) is 2.36. The number of aliphatic imine (C=N–C) groups is 1. The number of methoxy groups -OCH3 is 1. The van der Waals surface area contributed by atoms with Crippen LogP contribution in [0.5, 0.6) is 5.75 Å². The maximum Gasteiger partial charge on any atom is 0.165 e. The molecule has 0 aliphatic carbocycles. The largest absolute Gasteiger partial charge is 0.494 e. The van der Waals surface area contributed by atoms with E-state index in [4.69, 9.17) is 4.74 Å². The fraction of sp³-hybridized carbons (Fsp3) is 0.462. The van der Waals surface area contributed by atoms with Gasteiger partial charge in [0.15, 0.2) is 16.7 Å². The zero-order chi connectivity index (χ0) is 13.4. The Morgan fingerprint density at radius 2 is 2.22 bits per heavy atom. The number of thioether (sulfide) groups is 1. The fourth-order valence-corrected chi connectivity index (χ4v) is 2.35. The molecule has 0 spiro atoms. The number of hydrogen-bond donors (Lipinski definition) is 1. The molecular weight excluding hydrogens is 251 g/mol. The third kappa shape index (κ3) is 4.56. The highest BCUT2D eigenvalue weighted by Crippen LogP contribution is 2.21. The van der Waals surface area contributed by atoms with Crippen LogP contribution in [0.4, 0.5) is 4.39 Å². The molecule has 0 saturated heterocycles. The Morgan fingerprint density at radius 3 is 2.78 bits per heavy atom. The molecule has 0 aliphatic heterocycles. The molecule has 0 fully saturated rings. The summed E-state index contributed by atoms with van der Waals surface area (Å²) in [6, 6.07) is 5.01. The van der Waals surface area contributed by atoms with Crippen molar-refractivity contribution in [2.45, 2.75) is 19.6 Å². The van der Waals surface area contributed by atoms with E-state index in [1.807, 2.05) is 19.9 Å². The topological polar surface area (TPSA) is 33.6 Å². The van der Waals surface area contributed by atoms with Crippen LogP contribution in [0.2, 0.25) is 0 Å². The van der Waals surface area contributed by atoms with Crippen LogP contribution in [0.25, 0.3) is 0 Å². The maximum atomic E-state index is 13.5. The van der Waals surface area contributed by atoms with E-state index in [0.717, 1.165) is 23.8 Å². The zero-order valence-corrected chi connectivity index (χ0v) is 11.8. The van der Waals surface area contributed by atoms with Crippen molar-refractivity contribution in [2.75, 3.05) is 20.2 Å². The third-order valence-corrected chi connectivity index (χ3v) is 3.25. The molecule has 1 aromatic carbocycles. The number of benzene rings is 1. The standard InChI is InChI=1S/C13H19FN2OS/c1-4-15-13(16-5-2)18-9-10-6-7-12(17-3)11(14)8-10/h6-8H,4-5,9H2,1-3H3,(H,15,16). The van der Waals surface area contributed by atoms with Crippen molar-refractivity contribution in [3.8, 4) is 5.75 Å². The minimum absolute atomic E-state index is 0.276. The first kappa shape index (κ1) is 14.8. The molecule has 100 valence electrons. The van der Waals surface area contributed by atoms with Gasteiger partial charge in [-0.1, -0.05) is 17.8 Å². The van der Waals surface area contributed by atoms with Crippen LogP contribution in [0.15, 0.2) is 23.2 Å². The van der Waals surface area contributed by atoms with E-state index in [0.29, 0.717) is 5.75 Å². The Kier molecular flexibility index (Phi) is 6.57. The summed E-state index contributed by atoms with van der Waals surface area (Å²) < 4.78 is 18.4. The highest BCUT2D eigenvalue weighted by Gasteiger charge is 2.05. The molecule has 18 heavy (non-hydrogen) atoms. The predicted molar refractivity (Wildman–Crippen MR) is 75.9 cm³/mol. The minimum atomic E-state index is -0.326. The quantitative estimate of drug-likeness (QED) is 0.659. The summed E-state index contributed by atoms with van der Waals surface area (Å²) in [5.74, 6) is 0.637. The van der Waals surface area contributed by atoms with E-state index >= 15 is 0 Å². The molecule has 1 N–H and O–H groups in total. The summed E-state index contributed by atoms with van der Waals surface area (Å²) in [6.45, 7) is 5.60. The number of nitrogens with one attached hydrogen (secondary N) is 1. The Hall–Kier alpha value is -1.23. The average molecular weight is 270 g/mol. The summed E-state index contributed by atoms with van der Waals surface area (Å²) >= 11 is 1.58. The van der Waals surface area contributed by atoms with Crippen LogP contribution in [0, 0.1) is 5.82 Å². The Bertz CT molecular complexity index is 410. The zero-order valence-electron chi connectivity index (χ0n) is 11.0. The fourth-order valence-electron chi connectivity index (χ4n) is 1.40. The number of nitrogens with zero attached hydrogens (tertiary/aromatic N) is 1. The van der Waals surface area contributed by atoms with Gasteiger partial charge in [-0.05, 0) is 31.5 Å². The second-order valence-electron chi connectivity index (χ2n) is 3.57. The van der Waals surface area contributed by atoms with Crippen molar-refractivity contribution in [1.29, 1.82) is 0 Å². The minimum Gasteiger partial charge on any atom is -0.494 e. The van der Waals surface area contributed by atoms with Crippen molar-refractivity contribution in [3.63, 3.8) is 0 Å². The van der Waals surface area contributed by atoms with Gasteiger partial charge < -0.3 is 10.1 Å². The molecule has 0 amide bonds. The SMILES string of the molecule is CCN=C(NCC)SCc1ccc(OC)c(F)c1.